The van der Waals surface area contributed by atoms with Crippen LogP contribution in [0, 0.1) is 0 Å². The fourth-order valence-electron chi connectivity index (χ4n) is 2.81. The molecule has 0 amide bonds. The molecular formula is C17H16F3N. The standard InChI is InChI=1S/C17H16F3N/c18-17(19,20)15-12-14(13-6-2-1-3-7-13)8-9-16(15)21-10-4-5-11-21/h1-3,6-9,12H,4-5,10-11H2. The molecule has 4 heteroatoms. The molecular weight excluding hydrogens is 275 g/mol. The van der Waals surface area contributed by atoms with Crippen molar-refractivity contribution in [2.75, 3.05) is 18.0 Å². The first kappa shape index (κ1) is 14.0. The van der Waals surface area contributed by atoms with Crippen LogP contribution in [0.4, 0.5) is 18.9 Å². The van der Waals surface area contributed by atoms with Crippen LogP contribution in [0.3, 0.4) is 0 Å². The number of alkyl halides is 3. The van der Waals surface area contributed by atoms with Crippen LogP contribution < -0.4 is 4.90 Å². The molecule has 1 fully saturated rings. The largest absolute Gasteiger partial charge is 0.418 e. The fraction of sp³-hybridized carbons (Fsp3) is 0.294. The zero-order valence-corrected chi connectivity index (χ0v) is 11.5. The molecule has 21 heavy (non-hydrogen) atoms. The molecule has 110 valence electrons. The molecule has 0 atom stereocenters. The Morgan fingerprint density at radius 1 is 0.810 bits per heavy atom. The quantitative estimate of drug-likeness (QED) is 0.755. The van der Waals surface area contributed by atoms with Crippen molar-refractivity contribution in [3.8, 4) is 11.1 Å². The number of nitrogens with zero attached hydrogens (tertiary/aromatic N) is 1. The summed E-state index contributed by atoms with van der Waals surface area (Å²) in [5.41, 5.74) is 1.17. The molecule has 1 heterocycles. The predicted octanol–water partition coefficient (Wildman–Crippen LogP) is 4.97. The third-order valence-electron chi connectivity index (χ3n) is 3.86. The number of hydrogen-bond donors (Lipinski definition) is 0. The summed E-state index contributed by atoms with van der Waals surface area (Å²) >= 11 is 0. The first-order chi connectivity index (χ1) is 10.1. The minimum atomic E-state index is -4.33. The van der Waals surface area contributed by atoms with E-state index < -0.39 is 11.7 Å². The van der Waals surface area contributed by atoms with Crippen LogP contribution in [0.2, 0.25) is 0 Å². The van der Waals surface area contributed by atoms with Crippen LogP contribution in [-0.2, 0) is 6.18 Å². The lowest BCUT2D eigenvalue weighted by atomic mass is 10.0. The first-order valence-electron chi connectivity index (χ1n) is 7.07. The Morgan fingerprint density at radius 3 is 2.10 bits per heavy atom. The normalized spacial score (nSPS) is 15.5. The fourth-order valence-corrected chi connectivity index (χ4v) is 2.81. The highest BCUT2D eigenvalue weighted by molar-refractivity contribution is 5.69. The van der Waals surface area contributed by atoms with E-state index in [0.29, 0.717) is 24.3 Å². The number of halogens is 3. The number of hydrogen-bond acceptors (Lipinski definition) is 1. The topological polar surface area (TPSA) is 3.24 Å². The summed E-state index contributed by atoms with van der Waals surface area (Å²) in [5.74, 6) is 0. The maximum atomic E-state index is 13.4. The molecule has 1 saturated heterocycles. The van der Waals surface area contributed by atoms with E-state index in [0.717, 1.165) is 18.4 Å². The zero-order chi connectivity index (χ0) is 14.9. The van der Waals surface area contributed by atoms with Gasteiger partial charge in [0.15, 0.2) is 0 Å². The molecule has 1 nitrogen and oxygen atoms in total. The molecule has 0 bridgehead atoms. The summed E-state index contributed by atoms with van der Waals surface area (Å²) in [6.07, 6.45) is -2.42. The van der Waals surface area contributed by atoms with E-state index in [9.17, 15) is 13.2 Å². The van der Waals surface area contributed by atoms with Crippen LogP contribution in [0.25, 0.3) is 11.1 Å². The third-order valence-corrected chi connectivity index (χ3v) is 3.86. The number of rotatable bonds is 2. The van der Waals surface area contributed by atoms with Crippen molar-refractivity contribution in [2.45, 2.75) is 19.0 Å². The van der Waals surface area contributed by atoms with E-state index in [-0.39, 0.29) is 0 Å². The van der Waals surface area contributed by atoms with Gasteiger partial charge in [-0.1, -0.05) is 36.4 Å². The molecule has 0 spiro atoms. The maximum absolute atomic E-state index is 13.4. The Kier molecular flexibility index (Phi) is 3.62. The van der Waals surface area contributed by atoms with Gasteiger partial charge < -0.3 is 4.90 Å². The predicted molar refractivity (Wildman–Crippen MR) is 78.3 cm³/mol. The molecule has 2 aromatic carbocycles. The number of benzene rings is 2. The second-order valence-electron chi connectivity index (χ2n) is 5.29. The van der Waals surface area contributed by atoms with Gasteiger partial charge in [0.05, 0.1) is 5.56 Å². The van der Waals surface area contributed by atoms with Crippen molar-refractivity contribution in [1.29, 1.82) is 0 Å². The molecule has 0 radical (unpaired) electrons. The van der Waals surface area contributed by atoms with Gasteiger partial charge in [-0.2, -0.15) is 13.2 Å². The van der Waals surface area contributed by atoms with Crippen molar-refractivity contribution < 1.29 is 13.2 Å². The average Bonchev–Trinajstić information content (AvgIpc) is 3.01. The van der Waals surface area contributed by atoms with Crippen molar-refractivity contribution in [1.82, 2.24) is 0 Å². The lowest BCUT2D eigenvalue weighted by Gasteiger charge is -2.23. The molecule has 1 aliphatic heterocycles. The minimum absolute atomic E-state index is 0.305. The van der Waals surface area contributed by atoms with E-state index in [1.54, 1.807) is 12.1 Å². The van der Waals surface area contributed by atoms with Crippen LogP contribution in [-0.4, -0.2) is 13.1 Å². The van der Waals surface area contributed by atoms with E-state index in [1.165, 1.54) is 6.07 Å². The summed E-state index contributed by atoms with van der Waals surface area (Å²) in [6.45, 7) is 1.40. The molecule has 0 saturated carbocycles. The second-order valence-corrected chi connectivity index (χ2v) is 5.29. The van der Waals surface area contributed by atoms with Crippen LogP contribution in [0.5, 0.6) is 0 Å². The molecule has 0 aromatic heterocycles. The van der Waals surface area contributed by atoms with Crippen molar-refractivity contribution in [3.05, 3.63) is 54.1 Å². The molecule has 1 aliphatic rings. The van der Waals surface area contributed by atoms with E-state index >= 15 is 0 Å². The number of anilines is 1. The Bertz CT molecular complexity index is 614. The van der Waals surface area contributed by atoms with Crippen LogP contribution >= 0.6 is 0 Å². The monoisotopic (exact) mass is 291 g/mol. The van der Waals surface area contributed by atoms with Crippen LogP contribution in [0.1, 0.15) is 18.4 Å². The third kappa shape index (κ3) is 2.89. The van der Waals surface area contributed by atoms with Gasteiger partial charge in [-0.15, -0.1) is 0 Å². The van der Waals surface area contributed by atoms with E-state index in [2.05, 4.69) is 0 Å². The first-order valence-corrected chi connectivity index (χ1v) is 7.07. The maximum Gasteiger partial charge on any atom is 0.418 e. The van der Waals surface area contributed by atoms with Gasteiger partial charge in [0.2, 0.25) is 0 Å². The molecule has 0 aliphatic carbocycles. The van der Waals surface area contributed by atoms with Crippen LogP contribution in [0.15, 0.2) is 48.5 Å². The Morgan fingerprint density at radius 2 is 1.48 bits per heavy atom. The molecule has 0 unspecified atom stereocenters. The lowest BCUT2D eigenvalue weighted by Crippen LogP contribution is -2.22. The van der Waals surface area contributed by atoms with E-state index in [1.807, 2.05) is 35.2 Å². The van der Waals surface area contributed by atoms with E-state index in [4.69, 9.17) is 0 Å². The van der Waals surface area contributed by atoms with Gasteiger partial charge in [-0.3, -0.25) is 0 Å². The highest BCUT2D eigenvalue weighted by atomic mass is 19.4. The van der Waals surface area contributed by atoms with Crippen molar-refractivity contribution >= 4 is 5.69 Å². The van der Waals surface area contributed by atoms with Gasteiger partial charge >= 0.3 is 6.18 Å². The summed E-state index contributed by atoms with van der Waals surface area (Å²) in [5, 5.41) is 0. The summed E-state index contributed by atoms with van der Waals surface area (Å²) in [7, 11) is 0. The summed E-state index contributed by atoms with van der Waals surface area (Å²) in [6, 6.07) is 13.8. The van der Waals surface area contributed by atoms with Gasteiger partial charge in [0.1, 0.15) is 0 Å². The summed E-state index contributed by atoms with van der Waals surface area (Å²) in [4.78, 5) is 1.83. The second kappa shape index (κ2) is 5.43. The average molecular weight is 291 g/mol. The van der Waals surface area contributed by atoms with Crippen molar-refractivity contribution in [3.63, 3.8) is 0 Å². The highest BCUT2D eigenvalue weighted by Gasteiger charge is 2.35. The Labute approximate surface area is 122 Å². The van der Waals surface area contributed by atoms with Gasteiger partial charge in [-0.25, -0.2) is 0 Å². The van der Waals surface area contributed by atoms with Gasteiger partial charge in [-0.05, 0) is 36.1 Å². The zero-order valence-electron chi connectivity index (χ0n) is 11.5. The highest BCUT2D eigenvalue weighted by Crippen LogP contribution is 2.40. The Hall–Kier alpha value is -1.97. The van der Waals surface area contributed by atoms with Gasteiger partial charge in [0, 0.05) is 18.8 Å². The van der Waals surface area contributed by atoms with Crippen molar-refractivity contribution in [2.24, 2.45) is 0 Å². The summed E-state index contributed by atoms with van der Waals surface area (Å²) < 4.78 is 40.1. The molecule has 0 N–H and O–H groups in total. The smallest absolute Gasteiger partial charge is 0.371 e. The Balaban J connectivity index is 2.07. The van der Waals surface area contributed by atoms with Gasteiger partial charge in [0.25, 0.3) is 0 Å². The molecule has 3 rings (SSSR count). The SMILES string of the molecule is FC(F)(F)c1cc(-c2ccccc2)ccc1N1CCCC1. The minimum Gasteiger partial charge on any atom is -0.371 e. The molecule has 2 aromatic rings. The lowest BCUT2D eigenvalue weighted by molar-refractivity contribution is -0.137.